The fourth-order valence-electron chi connectivity index (χ4n) is 2.53. The Balaban J connectivity index is 1.80. The molecular weight excluding hydrogens is 282 g/mol. The molecule has 1 heterocycles. The molecule has 1 aliphatic heterocycles. The third kappa shape index (κ3) is 4.13. The van der Waals surface area contributed by atoms with E-state index in [1.165, 1.54) is 0 Å². The van der Waals surface area contributed by atoms with Gasteiger partial charge in [-0.3, -0.25) is 4.79 Å². The second-order valence-electron chi connectivity index (χ2n) is 5.72. The van der Waals surface area contributed by atoms with Crippen molar-refractivity contribution in [3.05, 3.63) is 29.8 Å². The Hall–Kier alpha value is -2.24. The highest BCUT2D eigenvalue weighted by atomic mass is 16.5. The van der Waals surface area contributed by atoms with Gasteiger partial charge >= 0.3 is 6.03 Å². The normalized spacial score (nSPS) is 17.7. The van der Waals surface area contributed by atoms with Crippen molar-refractivity contribution in [1.29, 1.82) is 0 Å². The van der Waals surface area contributed by atoms with E-state index < -0.39 is 0 Å². The third-order valence-corrected chi connectivity index (χ3v) is 3.70. The van der Waals surface area contributed by atoms with Crippen LogP contribution in [0.4, 0.5) is 4.79 Å². The van der Waals surface area contributed by atoms with Crippen molar-refractivity contribution in [3.8, 4) is 5.75 Å². The first-order valence-corrected chi connectivity index (χ1v) is 7.46. The van der Waals surface area contributed by atoms with Gasteiger partial charge in [-0.25, -0.2) is 4.79 Å². The van der Waals surface area contributed by atoms with E-state index >= 15 is 0 Å². The summed E-state index contributed by atoms with van der Waals surface area (Å²) in [6, 6.07) is 7.31. The maximum absolute atomic E-state index is 11.9. The molecule has 1 aliphatic rings. The van der Waals surface area contributed by atoms with E-state index in [4.69, 9.17) is 4.74 Å². The summed E-state index contributed by atoms with van der Waals surface area (Å²) >= 11 is 0. The van der Waals surface area contributed by atoms with Crippen molar-refractivity contribution >= 4 is 11.9 Å². The van der Waals surface area contributed by atoms with Crippen LogP contribution in [0.1, 0.15) is 25.8 Å². The van der Waals surface area contributed by atoms with Gasteiger partial charge in [0.1, 0.15) is 5.75 Å². The highest BCUT2D eigenvalue weighted by molar-refractivity contribution is 5.81. The molecule has 120 valence electrons. The molecule has 1 aromatic rings. The van der Waals surface area contributed by atoms with Crippen LogP contribution in [0.3, 0.4) is 0 Å². The summed E-state index contributed by atoms with van der Waals surface area (Å²) in [6.07, 6.45) is 0.366. The minimum atomic E-state index is -0.258. The molecule has 1 atom stereocenters. The second-order valence-corrected chi connectivity index (χ2v) is 5.72. The van der Waals surface area contributed by atoms with Gasteiger partial charge in [0.05, 0.1) is 13.2 Å². The third-order valence-electron chi connectivity index (χ3n) is 3.70. The monoisotopic (exact) mass is 305 g/mol. The highest BCUT2D eigenvalue weighted by Crippen LogP contribution is 2.14. The molecule has 2 rings (SSSR count). The van der Waals surface area contributed by atoms with Gasteiger partial charge in [0.15, 0.2) is 0 Å². The van der Waals surface area contributed by atoms with Gasteiger partial charge in [-0.05, 0) is 31.5 Å². The van der Waals surface area contributed by atoms with Gasteiger partial charge < -0.3 is 20.3 Å². The number of urea groups is 1. The molecule has 3 amide bonds. The number of hydrogen-bond acceptors (Lipinski definition) is 3. The van der Waals surface area contributed by atoms with Crippen molar-refractivity contribution < 1.29 is 14.3 Å². The summed E-state index contributed by atoms with van der Waals surface area (Å²) < 4.78 is 5.14. The standard InChI is InChI=1S/C16H23N3O3/c1-11(2)19-10-13(8-15(19)20)18-16(21)17-9-12-5-4-6-14(7-12)22-3/h4-7,11,13H,8-10H2,1-3H3,(H2,17,18,21). The van der Waals surface area contributed by atoms with Crippen LogP contribution in [-0.4, -0.2) is 42.6 Å². The number of benzene rings is 1. The summed E-state index contributed by atoms with van der Waals surface area (Å²) in [4.78, 5) is 25.5. The summed E-state index contributed by atoms with van der Waals surface area (Å²) in [5.41, 5.74) is 0.959. The summed E-state index contributed by atoms with van der Waals surface area (Å²) in [6.45, 7) is 4.94. The van der Waals surface area contributed by atoms with Crippen molar-refractivity contribution in [1.82, 2.24) is 15.5 Å². The molecule has 6 heteroatoms. The summed E-state index contributed by atoms with van der Waals surface area (Å²) in [5, 5.41) is 5.65. The number of carbonyl (C=O) groups is 2. The Labute approximate surface area is 130 Å². The lowest BCUT2D eigenvalue weighted by Gasteiger charge is -2.21. The number of nitrogens with zero attached hydrogens (tertiary/aromatic N) is 1. The Kier molecular flexibility index (Phi) is 5.25. The molecule has 0 aliphatic carbocycles. The minimum absolute atomic E-state index is 0.0908. The van der Waals surface area contributed by atoms with E-state index in [1.807, 2.05) is 38.1 Å². The predicted molar refractivity (Wildman–Crippen MR) is 83.6 cm³/mol. The lowest BCUT2D eigenvalue weighted by atomic mass is 10.2. The topological polar surface area (TPSA) is 70.7 Å². The van der Waals surface area contributed by atoms with Crippen LogP contribution in [0.2, 0.25) is 0 Å². The summed E-state index contributed by atoms with van der Waals surface area (Å²) in [7, 11) is 1.61. The smallest absolute Gasteiger partial charge is 0.315 e. The number of ether oxygens (including phenoxy) is 1. The predicted octanol–water partition coefficient (Wildman–Crippen LogP) is 1.50. The Bertz CT molecular complexity index is 545. The Morgan fingerprint density at radius 3 is 2.86 bits per heavy atom. The molecule has 0 aromatic heterocycles. The van der Waals surface area contributed by atoms with Gasteiger partial charge in [-0.15, -0.1) is 0 Å². The molecule has 0 spiro atoms. The fourth-order valence-corrected chi connectivity index (χ4v) is 2.53. The highest BCUT2D eigenvalue weighted by Gasteiger charge is 2.31. The van der Waals surface area contributed by atoms with Gasteiger partial charge in [-0.1, -0.05) is 12.1 Å². The van der Waals surface area contributed by atoms with E-state index in [2.05, 4.69) is 10.6 Å². The first kappa shape index (κ1) is 16.1. The maximum atomic E-state index is 11.9. The van der Waals surface area contributed by atoms with Crippen molar-refractivity contribution in [2.24, 2.45) is 0 Å². The molecule has 1 unspecified atom stereocenters. The number of amides is 3. The van der Waals surface area contributed by atoms with Crippen LogP contribution >= 0.6 is 0 Å². The molecular formula is C16H23N3O3. The fraction of sp³-hybridized carbons (Fsp3) is 0.500. The molecule has 0 saturated carbocycles. The van der Waals surface area contributed by atoms with Crippen LogP contribution in [0.25, 0.3) is 0 Å². The van der Waals surface area contributed by atoms with Crippen molar-refractivity contribution in [3.63, 3.8) is 0 Å². The minimum Gasteiger partial charge on any atom is -0.497 e. The zero-order valence-corrected chi connectivity index (χ0v) is 13.3. The molecule has 0 radical (unpaired) electrons. The number of hydrogen-bond donors (Lipinski definition) is 2. The molecule has 2 N–H and O–H groups in total. The molecule has 1 aromatic carbocycles. The first-order valence-electron chi connectivity index (χ1n) is 7.46. The molecule has 22 heavy (non-hydrogen) atoms. The lowest BCUT2D eigenvalue weighted by molar-refractivity contribution is -0.129. The van der Waals surface area contributed by atoms with E-state index in [0.717, 1.165) is 11.3 Å². The van der Waals surface area contributed by atoms with Crippen LogP contribution in [0.5, 0.6) is 5.75 Å². The van der Waals surface area contributed by atoms with E-state index in [9.17, 15) is 9.59 Å². The first-order chi connectivity index (χ1) is 10.5. The van der Waals surface area contributed by atoms with Crippen molar-refractivity contribution in [2.45, 2.75) is 38.9 Å². The van der Waals surface area contributed by atoms with E-state index in [-0.39, 0.29) is 24.0 Å². The SMILES string of the molecule is COc1cccc(CNC(=O)NC2CC(=O)N(C(C)C)C2)c1. The van der Waals surface area contributed by atoms with Crippen LogP contribution in [0.15, 0.2) is 24.3 Å². The molecule has 6 nitrogen and oxygen atoms in total. The van der Waals surface area contributed by atoms with Crippen LogP contribution in [-0.2, 0) is 11.3 Å². The number of nitrogens with one attached hydrogen (secondary N) is 2. The van der Waals surface area contributed by atoms with Crippen LogP contribution in [0, 0.1) is 0 Å². The maximum Gasteiger partial charge on any atom is 0.315 e. The Morgan fingerprint density at radius 1 is 1.45 bits per heavy atom. The largest absolute Gasteiger partial charge is 0.497 e. The number of rotatable bonds is 5. The van der Waals surface area contributed by atoms with Crippen molar-refractivity contribution in [2.75, 3.05) is 13.7 Å². The summed E-state index contributed by atoms with van der Waals surface area (Å²) in [5.74, 6) is 0.849. The molecule has 1 saturated heterocycles. The molecule has 1 fully saturated rings. The zero-order valence-electron chi connectivity index (χ0n) is 13.3. The quantitative estimate of drug-likeness (QED) is 0.866. The zero-order chi connectivity index (χ0) is 16.1. The van der Waals surface area contributed by atoms with Gasteiger partial charge in [0.2, 0.25) is 5.91 Å². The molecule has 0 bridgehead atoms. The van der Waals surface area contributed by atoms with Crippen LogP contribution < -0.4 is 15.4 Å². The van der Waals surface area contributed by atoms with Gasteiger partial charge in [-0.2, -0.15) is 0 Å². The van der Waals surface area contributed by atoms with Gasteiger partial charge in [0.25, 0.3) is 0 Å². The Morgan fingerprint density at radius 2 is 2.23 bits per heavy atom. The average Bonchev–Trinajstić information content (AvgIpc) is 2.86. The number of likely N-dealkylation sites (tertiary alicyclic amines) is 1. The van der Waals surface area contributed by atoms with E-state index in [1.54, 1.807) is 12.0 Å². The number of methoxy groups -OCH3 is 1. The second kappa shape index (κ2) is 7.15. The van der Waals surface area contributed by atoms with Gasteiger partial charge in [0, 0.05) is 25.6 Å². The lowest BCUT2D eigenvalue weighted by Crippen LogP contribution is -2.43. The van der Waals surface area contributed by atoms with E-state index in [0.29, 0.717) is 19.5 Å². The number of carbonyl (C=O) groups excluding carboxylic acids is 2. The average molecular weight is 305 g/mol.